The van der Waals surface area contributed by atoms with Gasteiger partial charge < -0.3 is 24.4 Å². The SMILES string of the molecule is C=C=C=C=C=C=C=C.CC(C)(C)OC(=O)N1CCc2ccc(N3CCCCC3=O)cc21.O=C1CCCCN1c1ccc2c(c1)N(Cc1cnc[nH]1)CC2.[B]B([B])B([B])B([B])[B]. The number of aromatic amines is 1. The maximum Gasteiger partial charge on any atom is 0.414 e. The number of ether oxygens (including phenoxy) is 1. The monoisotopic (exact) mass is 800 g/mol. The Balaban J connectivity index is 0.000000200. The number of H-pyrrole nitrogens is 1. The molecule has 3 aromatic rings. The zero-order chi connectivity index (χ0) is 44.5. The van der Waals surface area contributed by atoms with Gasteiger partial charge in [-0.15, -0.1) is 0 Å². The number of hydrogen-bond donors (Lipinski definition) is 1. The molecule has 61 heavy (non-hydrogen) atoms. The van der Waals surface area contributed by atoms with Crippen LogP contribution in [0.25, 0.3) is 0 Å². The van der Waals surface area contributed by atoms with E-state index in [-0.39, 0.29) is 17.9 Å². The Morgan fingerprint density at radius 3 is 1.74 bits per heavy atom. The van der Waals surface area contributed by atoms with Crippen LogP contribution in [0.2, 0.25) is 0 Å². The van der Waals surface area contributed by atoms with E-state index in [4.69, 9.17) is 43.4 Å². The minimum absolute atomic E-state index is 0.165. The number of rotatable bonds is 6. The van der Waals surface area contributed by atoms with Crippen LogP contribution >= 0.6 is 0 Å². The average Bonchev–Trinajstić information content (AvgIpc) is 4.00. The van der Waals surface area contributed by atoms with Gasteiger partial charge in [0.05, 0.1) is 24.3 Å². The highest BCUT2D eigenvalue weighted by molar-refractivity contribution is 7.89. The lowest BCUT2D eigenvalue weighted by atomic mass is 8.68. The molecule has 2 aromatic carbocycles. The second-order valence-corrected chi connectivity index (χ2v) is 15.8. The summed E-state index contributed by atoms with van der Waals surface area (Å²) >= 11 is 0. The van der Waals surface area contributed by atoms with Gasteiger partial charge in [0, 0.05) is 120 Å². The summed E-state index contributed by atoms with van der Waals surface area (Å²) in [6, 6.07) is 12.4. The van der Waals surface area contributed by atoms with Crippen LogP contribution in [0.4, 0.5) is 27.5 Å². The van der Waals surface area contributed by atoms with Crippen LogP contribution in [0.5, 0.6) is 0 Å². The van der Waals surface area contributed by atoms with Crippen molar-refractivity contribution in [3.63, 3.8) is 0 Å². The predicted molar refractivity (Wildman–Crippen MR) is 254 cm³/mol. The Morgan fingerprint density at radius 2 is 1.28 bits per heavy atom. The summed E-state index contributed by atoms with van der Waals surface area (Å²) in [6.45, 7) is 16.2. The molecule has 1 N–H and O–H groups in total. The highest BCUT2D eigenvalue weighted by Crippen LogP contribution is 2.35. The maximum absolute atomic E-state index is 12.4. The van der Waals surface area contributed by atoms with E-state index in [0.29, 0.717) is 19.4 Å². The number of imidazole rings is 1. The van der Waals surface area contributed by atoms with Crippen molar-refractivity contribution >= 4 is 98.5 Å². The second-order valence-electron chi connectivity index (χ2n) is 15.8. The minimum Gasteiger partial charge on any atom is -0.443 e. The predicted octanol–water partition coefficient (Wildman–Crippen LogP) is 4.68. The van der Waals surface area contributed by atoms with Gasteiger partial charge in [0.1, 0.15) is 5.60 Å². The summed E-state index contributed by atoms with van der Waals surface area (Å²) in [6.07, 6.45) is 8.77. The van der Waals surface area contributed by atoms with Crippen LogP contribution < -0.4 is 19.6 Å². The summed E-state index contributed by atoms with van der Waals surface area (Å²) in [5.41, 5.74) is 21.6. The molecule has 0 aliphatic carbocycles. The van der Waals surface area contributed by atoms with Gasteiger partial charge >= 0.3 is 6.09 Å². The quantitative estimate of drug-likeness (QED) is 0.288. The van der Waals surface area contributed by atoms with Gasteiger partial charge in [-0.1, -0.05) is 23.6 Å². The van der Waals surface area contributed by atoms with Crippen molar-refractivity contribution in [2.75, 3.05) is 45.8 Å². The molecule has 5 heterocycles. The molecular weight excluding hydrogens is 751 g/mol. The number of carbonyl (C=O) groups excluding carboxylic acids is 3. The van der Waals surface area contributed by atoms with E-state index in [1.165, 1.54) is 11.3 Å². The molecule has 4 aliphatic heterocycles. The van der Waals surface area contributed by atoms with Crippen molar-refractivity contribution in [2.24, 2.45) is 0 Å². The first-order chi connectivity index (χ1) is 29.1. The standard InChI is InChI=1S/C18H24N2O3.C17H20N4O.C8H4.B8/c1-18(2,3)23-17(22)20-11-9-13-7-8-14(12-15(13)20)19-10-5-4-6-16(19)21;22-17-3-1-2-7-21(17)15-5-4-13-6-8-20(16(13)9-15)11-14-10-18-12-19-14;1-3-5-7-8-6-4-2;1-6(2)8(5)7(3)4/h7-8,12H,4-6,9-11H2,1-3H3;4-5,9-10,12H,1-3,6-8,11H2,(H,18,19);1-2H2;. The second kappa shape index (κ2) is 23.6. The molecule has 4 aliphatic rings. The van der Waals surface area contributed by atoms with Crippen molar-refractivity contribution in [2.45, 2.75) is 84.3 Å². The number of piperidine rings is 2. The molecule has 2 fully saturated rings. The first-order valence-electron chi connectivity index (χ1n) is 20.5. The van der Waals surface area contributed by atoms with E-state index in [1.54, 1.807) is 11.2 Å². The number of nitrogens with one attached hydrogen (secondary N) is 1. The zero-order valence-corrected chi connectivity index (χ0v) is 35.7. The molecule has 2 saturated heterocycles. The Kier molecular flexibility index (Phi) is 18.6. The van der Waals surface area contributed by atoms with Crippen molar-refractivity contribution in [3.8, 4) is 0 Å². The molecule has 0 bridgehead atoms. The van der Waals surface area contributed by atoms with E-state index in [0.717, 1.165) is 93.0 Å². The zero-order valence-electron chi connectivity index (χ0n) is 35.7. The van der Waals surface area contributed by atoms with Gasteiger partial charge in [0.25, 0.3) is 0 Å². The fraction of sp³-hybridized carbons (Fsp3) is 0.395. The number of carbonyl (C=O) groups is 3. The van der Waals surface area contributed by atoms with Crippen LogP contribution in [-0.2, 0) is 33.7 Å². The van der Waals surface area contributed by atoms with Gasteiger partial charge in [-0.3, -0.25) is 14.5 Å². The van der Waals surface area contributed by atoms with E-state index in [2.05, 4.69) is 80.6 Å². The molecule has 0 spiro atoms. The summed E-state index contributed by atoms with van der Waals surface area (Å²) in [4.78, 5) is 51.7. The maximum atomic E-state index is 12.4. The molecule has 3 amide bonds. The molecular formula is C43H48B8N6O4. The molecule has 18 heteroatoms. The van der Waals surface area contributed by atoms with Gasteiger partial charge in [-0.25, -0.2) is 9.78 Å². The van der Waals surface area contributed by atoms with Crippen molar-refractivity contribution in [1.29, 1.82) is 0 Å². The first kappa shape index (κ1) is 48.3. The number of benzene rings is 2. The Hall–Kier alpha value is -5.40. The first-order valence-corrected chi connectivity index (χ1v) is 20.5. The number of hydrogen-bond acceptors (Lipinski definition) is 6. The smallest absolute Gasteiger partial charge is 0.414 e. The van der Waals surface area contributed by atoms with E-state index in [9.17, 15) is 14.4 Å². The van der Waals surface area contributed by atoms with Crippen LogP contribution in [-0.4, -0.2) is 117 Å². The fourth-order valence-corrected chi connectivity index (χ4v) is 6.95. The van der Waals surface area contributed by atoms with Crippen LogP contribution in [0.3, 0.4) is 0 Å². The third kappa shape index (κ3) is 14.6. The minimum atomic E-state index is -0.630. The van der Waals surface area contributed by atoms with E-state index < -0.39 is 24.8 Å². The largest absolute Gasteiger partial charge is 0.443 e. The number of aromatic nitrogens is 2. The molecule has 298 valence electrons. The third-order valence-corrected chi connectivity index (χ3v) is 10.1. The lowest BCUT2D eigenvalue weighted by Gasteiger charge is -2.28. The third-order valence-electron chi connectivity index (χ3n) is 10.1. The summed E-state index contributed by atoms with van der Waals surface area (Å²) < 4.78 is 5.49. The molecule has 10 nitrogen and oxygen atoms in total. The van der Waals surface area contributed by atoms with Crippen molar-refractivity contribution in [1.82, 2.24) is 9.97 Å². The van der Waals surface area contributed by atoms with Gasteiger partial charge in [0.15, 0.2) is 0 Å². The number of fused-ring (bicyclic) bond motifs is 2. The molecule has 0 saturated carbocycles. The Bertz CT molecular complexity index is 2170. The highest BCUT2D eigenvalue weighted by atomic mass is 16.6. The Labute approximate surface area is 369 Å². The Morgan fingerprint density at radius 1 is 0.754 bits per heavy atom. The summed E-state index contributed by atoms with van der Waals surface area (Å²) in [7, 11) is 25.8. The van der Waals surface area contributed by atoms with E-state index in [1.807, 2.05) is 55.0 Å². The highest BCUT2D eigenvalue weighted by Gasteiger charge is 2.31. The van der Waals surface area contributed by atoms with Crippen molar-refractivity contribution < 1.29 is 19.1 Å². The van der Waals surface area contributed by atoms with Crippen LogP contribution in [0.15, 0.2) is 96.5 Å². The van der Waals surface area contributed by atoms with Crippen LogP contribution in [0, 0.1) is 0 Å². The molecule has 7 rings (SSSR count). The summed E-state index contributed by atoms with van der Waals surface area (Å²) in [5.74, 6) is 0.419. The average molecular weight is 799 g/mol. The van der Waals surface area contributed by atoms with E-state index >= 15 is 0 Å². The van der Waals surface area contributed by atoms with Gasteiger partial charge in [0.2, 0.25) is 11.8 Å². The molecule has 0 unspecified atom stereocenters. The number of anilines is 4. The van der Waals surface area contributed by atoms with Gasteiger partial charge in [-0.2, -0.15) is 0 Å². The molecule has 10 radical (unpaired) electrons. The summed E-state index contributed by atoms with van der Waals surface area (Å²) in [5, 5.41) is 0. The van der Waals surface area contributed by atoms with Gasteiger partial charge in [-0.05, 0) is 131 Å². The number of amides is 3. The van der Waals surface area contributed by atoms with Crippen molar-refractivity contribution in [3.05, 3.63) is 113 Å². The molecule has 1 aromatic heterocycles. The lowest BCUT2D eigenvalue weighted by molar-refractivity contribution is -0.120. The lowest BCUT2D eigenvalue weighted by Crippen LogP contribution is -2.52. The fourth-order valence-electron chi connectivity index (χ4n) is 6.95. The normalized spacial score (nSPS) is 14.8. The van der Waals surface area contributed by atoms with Crippen LogP contribution in [0.1, 0.15) is 76.1 Å². The number of nitrogens with zero attached hydrogens (tertiary/aromatic N) is 5. The topological polar surface area (TPSA) is 102 Å². The molecule has 0 atom stereocenters.